The van der Waals surface area contributed by atoms with Gasteiger partial charge in [0.05, 0.1) is 19.4 Å². The highest BCUT2D eigenvalue weighted by Gasteiger charge is 2.22. The van der Waals surface area contributed by atoms with Gasteiger partial charge in [-0.05, 0) is 23.3 Å². The van der Waals surface area contributed by atoms with Crippen LogP contribution >= 0.6 is 0 Å². The highest BCUT2D eigenvalue weighted by atomic mass is 16.5. The van der Waals surface area contributed by atoms with Crippen molar-refractivity contribution in [3.05, 3.63) is 48.0 Å². The quantitative estimate of drug-likeness (QED) is 0.749. The van der Waals surface area contributed by atoms with E-state index in [4.69, 9.17) is 10.5 Å². The maximum Gasteiger partial charge on any atom is 0.308 e. The van der Waals surface area contributed by atoms with Crippen LogP contribution in [0.15, 0.2) is 42.5 Å². The topological polar surface area (TPSA) is 98.5 Å². The van der Waals surface area contributed by atoms with Gasteiger partial charge in [0.25, 0.3) is 0 Å². The molecule has 0 unspecified atom stereocenters. The van der Waals surface area contributed by atoms with Crippen LogP contribution in [0.4, 0.5) is 0 Å². The number of hydrogen-bond acceptors (Lipinski definition) is 4. The van der Waals surface area contributed by atoms with E-state index >= 15 is 0 Å². The van der Waals surface area contributed by atoms with Crippen molar-refractivity contribution in [2.45, 2.75) is 25.8 Å². The Bertz CT molecular complexity index is 758. The van der Waals surface area contributed by atoms with Gasteiger partial charge >= 0.3 is 5.97 Å². The predicted molar refractivity (Wildman–Crippen MR) is 90.0 cm³/mol. The molecular formula is C18H20N2O4. The highest BCUT2D eigenvalue weighted by Crippen LogP contribution is 2.16. The van der Waals surface area contributed by atoms with E-state index in [9.17, 15) is 14.4 Å². The molecule has 0 aliphatic carbocycles. The lowest BCUT2D eigenvalue weighted by Crippen LogP contribution is -2.46. The number of nitrogens with two attached hydrogens (primary N) is 1. The number of nitrogens with one attached hydrogen (secondary N) is 1. The molecule has 3 N–H and O–H groups in total. The summed E-state index contributed by atoms with van der Waals surface area (Å²) in [6.07, 6.45) is -0.177. The van der Waals surface area contributed by atoms with Crippen molar-refractivity contribution in [2.24, 2.45) is 5.73 Å². The summed E-state index contributed by atoms with van der Waals surface area (Å²) in [6.45, 7) is 1.87. The number of amides is 2. The molecule has 0 spiro atoms. The van der Waals surface area contributed by atoms with Crippen LogP contribution in [0.2, 0.25) is 0 Å². The average molecular weight is 328 g/mol. The number of rotatable bonds is 7. The number of ether oxygens (including phenoxy) is 1. The molecule has 0 bridgehead atoms. The molecule has 2 aromatic carbocycles. The zero-order valence-corrected chi connectivity index (χ0v) is 13.5. The van der Waals surface area contributed by atoms with Crippen molar-refractivity contribution in [3.8, 4) is 0 Å². The number of fused-ring (bicyclic) bond motifs is 1. The van der Waals surface area contributed by atoms with E-state index in [0.29, 0.717) is 0 Å². The summed E-state index contributed by atoms with van der Waals surface area (Å²) in [4.78, 5) is 35.0. The Morgan fingerprint density at radius 3 is 2.50 bits per heavy atom. The molecule has 0 saturated carbocycles. The summed E-state index contributed by atoms with van der Waals surface area (Å²) in [7, 11) is 0. The fraction of sp³-hybridized carbons (Fsp3) is 0.278. The minimum atomic E-state index is -1.07. The standard InChI is InChI=1S/C18H20N2O4/c1-2-24-17(22)11-15(18(19)23)20-16(21)10-12-7-8-13-5-3-4-6-14(13)9-12/h3-9,15H,2,10-11H2,1H3,(H2,19,23)(H,20,21)/t15-/m1/s1. The molecule has 0 heterocycles. The van der Waals surface area contributed by atoms with Crippen molar-refractivity contribution in [3.63, 3.8) is 0 Å². The predicted octanol–water partition coefficient (Wildman–Crippen LogP) is 1.31. The van der Waals surface area contributed by atoms with Gasteiger partial charge in [0.1, 0.15) is 6.04 Å². The van der Waals surface area contributed by atoms with Crippen LogP contribution in [0.5, 0.6) is 0 Å². The first-order chi connectivity index (χ1) is 11.5. The fourth-order valence-corrected chi connectivity index (χ4v) is 2.39. The fourth-order valence-electron chi connectivity index (χ4n) is 2.39. The van der Waals surface area contributed by atoms with Crippen molar-refractivity contribution >= 4 is 28.6 Å². The van der Waals surface area contributed by atoms with E-state index in [1.807, 2.05) is 42.5 Å². The van der Waals surface area contributed by atoms with Crippen molar-refractivity contribution < 1.29 is 19.1 Å². The third kappa shape index (κ3) is 4.81. The molecule has 0 aromatic heterocycles. The maximum absolute atomic E-state index is 12.1. The molecule has 0 aliphatic rings. The molecule has 2 rings (SSSR count). The molecule has 0 aliphatic heterocycles. The van der Waals surface area contributed by atoms with Crippen LogP contribution in [0, 0.1) is 0 Å². The molecule has 0 radical (unpaired) electrons. The molecule has 0 saturated heterocycles. The van der Waals surface area contributed by atoms with Gasteiger partial charge in [0.2, 0.25) is 11.8 Å². The Hall–Kier alpha value is -2.89. The van der Waals surface area contributed by atoms with Crippen LogP contribution < -0.4 is 11.1 Å². The van der Waals surface area contributed by atoms with E-state index in [2.05, 4.69) is 5.32 Å². The van der Waals surface area contributed by atoms with Crippen LogP contribution in [0.3, 0.4) is 0 Å². The van der Waals surface area contributed by atoms with Crippen LogP contribution in [-0.2, 0) is 25.5 Å². The maximum atomic E-state index is 12.1. The summed E-state index contributed by atoms with van der Waals surface area (Å²) in [5.74, 6) is -1.72. The van der Waals surface area contributed by atoms with Gasteiger partial charge in [-0.1, -0.05) is 42.5 Å². The molecule has 2 amide bonds. The Balaban J connectivity index is 2.01. The second kappa shape index (κ2) is 8.10. The van der Waals surface area contributed by atoms with E-state index < -0.39 is 17.9 Å². The second-order valence-electron chi connectivity index (χ2n) is 5.39. The Kier molecular flexibility index (Phi) is 5.89. The summed E-state index contributed by atoms with van der Waals surface area (Å²) < 4.78 is 4.77. The molecule has 0 fully saturated rings. The average Bonchev–Trinajstić information content (AvgIpc) is 2.54. The van der Waals surface area contributed by atoms with Crippen molar-refractivity contribution in [1.82, 2.24) is 5.32 Å². The van der Waals surface area contributed by atoms with Crippen molar-refractivity contribution in [2.75, 3.05) is 6.61 Å². The van der Waals surface area contributed by atoms with E-state index in [-0.39, 0.29) is 25.4 Å². The highest BCUT2D eigenvalue weighted by molar-refractivity contribution is 5.91. The van der Waals surface area contributed by atoms with Gasteiger partial charge in [-0.25, -0.2) is 0 Å². The number of esters is 1. The van der Waals surface area contributed by atoms with Gasteiger partial charge in [-0.2, -0.15) is 0 Å². The normalized spacial score (nSPS) is 11.7. The zero-order valence-electron chi connectivity index (χ0n) is 13.5. The van der Waals surface area contributed by atoms with E-state index in [0.717, 1.165) is 16.3 Å². The van der Waals surface area contributed by atoms with Gasteiger partial charge in [-0.15, -0.1) is 0 Å². The van der Waals surface area contributed by atoms with Crippen LogP contribution in [0.1, 0.15) is 18.9 Å². The first kappa shape index (κ1) is 17.5. The van der Waals surface area contributed by atoms with E-state index in [1.54, 1.807) is 6.92 Å². The summed E-state index contributed by atoms with van der Waals surface area (Å²) in [5, 5.41) is 4.60. The number of carbonyl (C=O) groups excluding carboxylic acids is 3. The smallest absolute Gasteiger partial charge is 0.308 e. The Morgan fingerprint density at radius 1 is 1.12 bits per heavy atom. The summed E-state index contributed by atoms with van der Waals surface area (Å²) in [5.41, 5.74) is 6.05. The van der Waals surface area contributed by atoms with Gasteiger partial charge in [0, 0.05) is 0 Å². The molecule has 1 atom stereocenters. The number of primary amides is 1. The monoisotopic (exact) mass is 328 g/mol. The largest absolute Gasteiger partial charge is 0.466 e. The van der Waals surface area contributed by atoms with Crippen LogP contribution in [-0.4, -0.2) is 30.4 Å². The Labute approximate surface area is 140 Å². The molecule has 2 aromatic rings. The second-order valence-corrected chi connectivity index (χ2v) is 5.39. The van der Waals surface area contributed by atoms with Crippen LogP contribution in [0.25, 0.3) is 10.8 Å². The minimum Gasteiger partial charge on any atom is -0.466 e. The Morgan fingerprint density at radius 2 is 1.83 bits per heavy atom. The lowest BCUT2D eigenvalue weighted by Gasteiger charge is -2.14. The lowest BCUT2D eigenvalue weighted by molar-refractivity contribution is -0.145. The van der Waals surface area contributed by atoms with Gasteiger partial charge < -0.3 is 15.8 Å². The van der Waals surface area contributed by atoms with E-state index in [1.165, 1.54) is 0 Å². The van der Waals surface area contributed by atoms with Gasteiger partial charge in [-0.3, -0.25) is 14.4 Å². The first-order valence-corrected chi connectivity index (χ1v) is 7.71. The summed E-state index contributed by atoms with van der Waals surface area (Å²) >= 11 is 0. The third-order valence-corrected chi connectivity index (χ3v) is 3.53. The SMILES string of the molecule is CCOC(=O)C[C@@H](NC(=O)Cc1ccc2ccccc2c1)C(N)=O. The van der Waals surface area contributed by atoms with Gasteiger partial charge in [0.15, 0.2) is 0 Å². The minimum absolute atomic E-state index is 0.0947. The molecule has 126 valence electrons. The molecular weight excluding hydrogens is 308 g/mol. The first-order valence-electron chi connectivity index (χ1n) is 7.71. The third-order valence-electron chi connectivity index (χ3n) is 3.53. The number of hydrogen-bond donors (Lipinski definition) is 2. The number of carbonyl (C=O) groups is 3. The molecule has 6 heteroatoms. The number of benzene rings is 2. The summed E-state index contributed by atoms with van der Waals surface area (Å²) in [6, 6.07) is 12.5. The van der Waals surface area contributed by atoms with Crippen molar-refractivity contribution in [1.29, 1.82) is 0 Å². The lowest BCUT2D eigenvalue weighted by atomic mass is 10.0. The molecule has 24 heavy (non-hydrogen) atoms. The molecule has 6 nitrogen and oxygen atoms in total. The zero-order chi connectivity index (χ0) is 17.5.